The van der Waals surface area contributed by atoms with Crippen molar-refractivity contribution in [2.75, 3.05) is 38.3 Å². The molecule has 0 amide bonds. The normalized spacial score (nSPS) is 14.7. The Morgan fingerprint density at radius 1 is 1.12 bits per heavy atom. The fraction of sp³-hybridized carbons (Fsp3) is 0.346. The first kappa shape index (κ1) is 22.6. The van der Waals surface area contributed by atoms with Crippen LogP contribution in [0, 0.1) is 0 Å². The summed E-state index contributed by atoms with van der Waals surface area (Å²) in [6, 6.07) is 11.7. The molecule has 1 fully saturated rings. The Labute approximate surface area is 203 Å². The van der Waals surface area contributed by atoms with Crippen LogP contribution in [0.2, 0.25) is 5.02 Å². The third-order valence-corrected chi connectivity index (χ3v) is 6.44. The van der Waals surface area contributed by atoms with Gasteiger partial charge in [-0.05, 0) is 24.3 Å². The Morgan fingerprint density at radius 2 is 1.88 bits per heavy atom. The van der Waals surface area contributed by atoms with Crippen LogP contribution in [0.1, 0.15) is 37.0 Å². The lowest BCUT2D eigenvalue weighted by atomic mass is 9.95. The summed E-state index contributed by atoms with van der Waals surface area (Å²) in [5.41, 5.74) is 4.16. The van der Waals surface area contributed by atoms with Crippen LogP contribution in [0.3, 0.4) is 0 Å². The van der Waals surface area contributed by atoms with Gasteiger partial charge >= 0.3 is 5.97 Å². The lowest BCUT2D eigenvalue weighted by molar-refractivity contribution is 0.0602. The minimum atomic E-state index is -0.409. The summed E-state index contributed by atoms with van der Waals surface area (Å²) in [5, 5.41) is 1.50. The molecule has 0 atom stereocenters. The molecule has 34 heavy (non-hydrogen) atoms. The highest BCUT2D eigenvalue weighted by Crippen LogP contribution is 2.37. The molecule has 4 aromatic rings. The van der Waals surface area contributed by atoms with Crippen LogP contribution in [0.4, 0.5) is 5.69 Å². The number of halogens is 1. The van der Waals surface area contributed by atoms with Crippen LogP contribution in [0.15, 0.2) is 42.6 Å². The second-order valence-electron chi connectivity index (χ2n) is 9.44. The molecule has 176 valence electrons. The number of carbonyl (C=O) groups is 1. The van der Waals surface area contributed by atoms with Crippen LogP contribution in [0.5, 0.6) is 0 Å². The van der Waals surface area contributed by atoms with Crippen molar-refractivity contribution in [2.24, 2.45) is 0 Å². The monoisotopic (exact) mass is 478 g/mol. The summed E-state index contributed by atoms with van der Waals surface area (Å²) >= 11 is 6.48. The van der Waals surface area contributed by atoms with Crippen LogP contribution in [-0.4, -0.2) is 53.9 Å². The molecule has 1 aliphatic heterocycles. The second kappa shape index (κ2) is 8.56. The zero-order valence-corrected chi connectivity index (χ0v) is 20.5. The van der Waals surface area contributed by atoms with Crippen molar-refractivity contribution >= 4 is 45.2 Å². The second-order valence-corrected chi connectivity index (χ2v) is 9.85. The van der Waals surface area contributed by atoms with Gasteiger partial charge in [0.1, 0.15) is 11.3 Å². The van der Waals surface area contributed by atoms with E-state index < -0.39 is 5.97 Å². The molecular weight excluding hydrogens is 452 g/mol. The molecule has 0 unspecified atom stereocenters. The molecule has 2 aromatic carbocycles. The summed E-state index contributed by atoms with van der Waals surface area (Å²) in [6.45, 7) is 9.13. The smallest absolute Gasteiger partial charge is 0.340 e. The SMILES string of the molecule is COC(=O)c1cc(N2CCOCC2)cc2c1nc(C(C)(C)C)n2-c1ccnc2c(Cl)cccc12. The Morgan fingerprint density at radius 3 is 2.59 bits per heavy atom. The summed E-state index contributed by atoms with van der Waals surface area (Å²) < 4.78 is 12.8. The maximum Gasteiger partial charge on any atom is 0.340 e. The van der Waals surface area contributed by atoms with Gasteiger partial charge in [0.05, 0.1) is 47.6 Å². The number of methoxy groups -OCH3 is 1. The molecule has 5 rings (SSSR count). The number of anilines is 1. The number of ether oxygens (including phenoxy) is 2. The van der Waals surface area contributed by atoms with E-state index in [0.717, 1.165) is 46.7 Å². The first-order valence-corrected chi connectivity index (χ1v) is 11.7. The maximum atomic E-state index is 12.9. The molecule has 0 spiro atoms. The third-order valence-electron chi connectivity index (χ3n) is 6.14. The standard InChI is InChI=1S/C26H27ClN4O3/c1-26(2,3)25-29-23-18(24(32)33-4)14-16(30-10-12-34-13-11-30)15-21(23)31(25)20-8-9-28-22-17(20)6-5-7-19(22)27/h5-9,14-15H,10-13H2,1-4H3. The molecule has 0 radical (unpaired) electrons. The minimum Gasteiger partial charge on any atom is -0.465 e. The summed E-state index contributed by atoms with van der Waals surface area (Å²) in [7, 11) is 1.40. The molecule has 8 heteroatoms. The van der Waals surface area contributed by atoms with Crippen molar-refractivity contribution < 1.29 is 14.3 Å². The van der Waals surface area contributed by atoms with Crippen molar-refractivity contribution in [3.8, 4) is 5.69 Å². The van der Waals surface area contributed by atoms with Gasteiger partial charge in [0.2, 0.25) is 0 Å². The number of hydrogen-bond donors (Lipinski definition) is 0. The number of aromatic nitrogens is 3. The van der Waals surface area contributed by atoms with E-state index in [1.165, 1.54) is 7.11 Å². The average molecular weight is 479 g/mol. The number of carbonyl (C=O) groups excluding carboxylic acids is 1. The van der Waals surface area contributed by atoms with Gasteiger partial charge in [-0.3, -0.25) is 9.55 Å². The fourth-order valence-corrected chi connectivity index (χ4v) is 4.72. The Balaban J connectivity index is 1.89. The molecule has 0 saturated carbocycles. The molecule has 1 aliphatic rings. The van der Waals surface area contributed by atoms with Gasteiger partial charge in [0.15, 0.2) is 0 Å². The highest BCUT2D eigenvalue weighted by atomic mass is 35.5. The van der Waals surface area contributed by atoms with Crippen molar-refractivity contribution in [1.82, 2.24) is 14.5 Å². The van der Waals surface area contributed by atoms with Crippen LogP contribution in [0.25, 0.3) is 27.6 Å². The van der Waals surface area contributed by atoms with E-state index >= 15 is 0 Å². The van der Waals surface area contributed by atoms with E-state index in [1.807, 2.05) is 30.3 Å². The van der Waals surface area contributed by atoms with Crippen molar-refractivity contribution in [3.05, 3.63) is 59.0 Å². The van der Waals surface area contributed by atoms with Crippen molar-refractivity contribution in [2.45, 2.75) is 26.2 Å². The maximum absolute atomic E-state index is 12.9. The molecule has 0 bridgehead atoms. The van der Waals surface area contributed by atoms with E-state index in [9.17, 15) is 4.79 Å². The summed E-state index contributed by atoms with van der Waals surface area (Å²) in [6.07, 6.45) is 1.76. The number of hydrogen-bond acceptors (Lipinski definition) is 6. The quantitative estimate of drug-likeness (QED) is 0.379. The summed E-state index contributed by atoms with van der Waals surface area (Å²) in [4.78, 5) is 24.6. The number of para-hydroxylation sites is 1. The van der Waals surface area contributed by atoms with E-state index in [0.29, 0.717) is 29.3 Å². The topological polar surface area (TPSA) is 69.5 Å². The van der Waals surface area contributed by atoms with Crippen molar-refractivity contribution in [1.29, 1.82) is 0 Å². The molecule has 3 heterocycles. The first-order valence-electron chi connectivity index (χ1n) is 11.3. The van der Waals surface area contributed by atoms with E-state index in [2.05, 4.69) is 41.3 Å². The molecule has 2 aromatic heterocycles. The number of pyridine rings is 1. The van der Waals surface area contributed by atoms with Gasteiger partial charge in [-0.15, -0.1) is 0 Å². The lowest BCUT2D eigenvalue weighted by Crippen LogP contribution is -2.36. The van der Waals surface area contributed by atoms with Gasteiger partial charge in [-0.25, -0.2) is 9.78 Å². The van der Waals surface area contributed by atoms with Gasteiger partial charge < -0.3 is 14.4 Å². The third kappa shape index (κ3) is 3.79. The Kier molecular flexibility index (Phi) is 5.70. The van der Waals surface area contributed by atoms with Crippen LogP contribution >= 0.6 is 11.6 Å². The lowest BCUT2D eigenvalue weighted by Gasteiger charge is -2.29. The van der Waals surface area contributed by atoms with E-state index in [-0.39, 0.29) is 5.41 Å². The highest BCUT2D eigenvalue weighted by molar-refractivity contribution is 6.35. The number of esters is 1. The largest absolute Gasteiger partial charge is 0.465 e. The number of imidazole rings is 1. The average Bonchev–Trinajstić information content (AvgIpc) is 3.23. The molecule has 1 saturated heterocycles. The van der Waals surface area contributed by atoms with Gasteiger partial charge in [0.25, 0.3) is 0 Å². The minimum absolute atomic E-state index is 0.306. The van der Waals surface area contributed by atoms with Crippen LogP contribution < -0.4 is 4.90 Å². The van der Waals surface area contributed by atoms with Crippen molar-refractivity contribution in [3.63, 3.8) is 0 Å². The van der Waals surface area contributed by atoms with E-state index in [1.54, 1.807) is 6.20 Å². The Hall–Kier alpha value is -3.16. The molecular formula is C26H27ClN4O3. The van der Waals surface area contributed by atoms with E-state index in [4.69, 9.17) is 26.1 Å². The molecule has 7 nitrogen and oxygen atoms in total. The first-order chi connectivity index (χ1) is 16.3. The highest BCUT2D eigenvalue weighted by Gasteiger charge is 2.28. The predicted octanol–water partition coefficient (Wildman–Crippen LogP) is 5.15. The summed E-state index contributed by atoms with van der Waals surface area (Å²) in [5.74, 6) is 0.423. The fourth-order valence-electron chi connectivity index (χ4n) is 4.50. The number of morpholine rings is 1. The predicted molar refractivity (Wildman–Crippen MR) is 134 cm³/mol. The number of fused-ring (bicyclic) bond motifs is 2. The molecule has 0 aliphatic carbocycles. The van der Waals surface area contributed by atoms with Crippen LogP contribution in [-0.2, 0) is 14.9 Å². The number of nitrogens with zero attached hydrogens (tertiary/aromatic N) is 4. The number of benzene rings is 2. The zero-order valence-electron chi connectivity index (χ0n) is 19.8. The molecule has 0 N–H and O–H groups in total. The van der Waals surface area contributed by atoms with Gasteiger partial charge in [-0.1, -0.05) is 44.5 Å². The van der Waals surface area contributed by atoms with Gasteiger partial charge in [0, 0.05) is 35.8 Å². The zero-order chi connectivity index (χ0) is 24.0. The Bertz CT molecular complexity index is 1400. The number of rotatable bonds is 3. The van der Waals surface area contributed by atoms with Gasteiger partial charge in [-0.2, -0.15) is 0 Å².